The highest BCUT2D eigenvalue weighted by Gasteiger charge is 2.18. The van der Waals surface area contributed by atoms with E-state index < -0.39 is 0 Å². The molecular formula is C22H25N5O3. The molecule has 156 valence electrons. The Hall–Kier alpha value is -3.39. The third-order valence-electron chi connectivity index (χ3n) is 4.91. The summed E-state index contributed by atoms with van der Waals surface area (Å²) < 4.78 is 16.4. The van der Waals surface area contributed by atoms with Crippen LogP contribution in [0.3, 0.4) is 0 Å². The predicted octanol–water partition coefficient (Wildman–Crippen LogP) is 3.24. The molecule has 1 aliphatic rings. The Labute approximate surface area is 175 Å². The fourth-order valence-electron chi connectivity index (χ4n) is 3.35. The molecule has 0 atom stereocenters. The number of benzene rings is 2. The van der Waals surface area contributed by atoms with E-state index in [-0.39, 0.29) is 0 Å². The first-order valence-corrected chi connectivity index (χ1v) is 9.80. The fourth-order valence-corrected chi connectivity index (χ4v) is 3.35. The average molecular weight is 407 g/mol. The van der Waals surface area contributed by atoms with Crippen LogP contribution in [0, 0.1) is 6.92 Å². The van der Waals surface area contributed by atoms with Gasteiger partial charge in [-0.25, -0.2) is 4.98 Å². The van der Waals surface area contributed by atoms with Gasteiger partial charge in [0, 0.05) is 24.5 Å². The number of hydrogen-bond acceptors (Lipinski definition) is 8. The Morgan fingerprint density at radius 1 is 1.07 bits per heavy atom. The van der Waals surface area contributed by atoms with Crippen LogP contribution < -0.4 is 19.8 Å². The highest BCUT2D eigenvalue weighted by molar-refractivity contribution is 5.93. The number of morpholine rings is 1. The number of nitrogens with zero attached hydrogens (tertiary/aromatic N) is 4. The van der Waals surface area contributed by atoms with Crippen molar-refractivity contribution in [2.45, 2.75) is 6.92 Å². The minimum atomic E-state index is 0.603. The molecule has 0 amide bonds. The van der Waals surface area contributed by atoms with Crippen LogP contribution in [0.2, 0.25) is 0 Å². The minimum Gasteiger partial charge on any atom is -0.493 e. The summed E-state index contributed by atoms with van der Waals surface area (Å²) in [6, 6.07) is 11.8. The summed E-state index contributed by atoms with van der Waals surface area (Å²) >= 11 is 0. The van der Waals surface area contributed by atoms with Crippen LogP contribution in [0.15, 0.2) is 41.5 Å². The van der Waals surface area contributed by atoms with Crippen LogP contribution >= 0.6 is 0 Å². The van der Waals surface area contributed by atoms with Crippen LogP contribution in [-0.4, -0.2) is 56.7 Å². The summed E-state index contributed by atoms with van der Waals surface area (Å²) in [5.74, 6) is 2.46. The lowest BCUT2D eigenvalue weighted by molar-refractivity contribution is 0.122. The normalized spacial score (nSPS) is 14.3. The SMILES string of the molecule is COc1cc2nc(N3CCOCC3)nc(NN=Cc3cccc(C)c3)c2cc1OC. The van der Waals surface area contributed by atoms with Gasteiger partial charge in [0.15, 0.2) is 17.3 Å². The summed E-state index contributed by atoms with van der Waals surface area (Å²) in [4.78, 5) is 11.6. The largest absolute Gasteiger partial charge is 0.493 e. The lowest BCUT2D eigenvalue weighted by Gasteiger charge is -2.27. The molecule has 2 aromatic carbocycles. The first-order chi connectivity index (χ1) is 14.7. The molecule has 1 N–H and O–H groups in total. The van der Waals surface area contributed by atoms with Gasteiger partial charge < -0.3 is 19.1 Å². The highest BCUT2D eigenvalue weighted by atomic mass is 16.5. The van der Waals surface area contributed by atoms with Gasteiger partial charge in [-0.3, -0.25) is 5.43 Å². The minimum absolute atomic E-state index is 0.603. The number of aryl methyl sites for hydroxylation is 1. The quantitative estimate of drug-likeness (QED) is 0.496. The zero-order chi connectivity index (χ0) is 20.9. The number of methoxy groups -OCH3 is 2. The standard InChI is InChI=1S/C22H25N5O3/c1-15-5-4-6-16(11-15)14-23-26-21-17-12-19(28-2)20(29-3)13-18(17)24-22(25-21)27-7-9-30-10-8-27/h4-6,11-14H,7-10H2,1-3H3,(H,24,25,26). The molecule has 1 aromatic heterocycles. The second-order valence-corrected chi connectivity index (χ2v) is 6.98. The van der Waals surface area contributed by atoms with Crippen molar-refractivity contribution in [3.8, 4) is 11.5 Å². The molecule has 0 aliphatic carbocycles. The Morgan fingerprint density at radius 3 is 2.57 bits per heavy atom. The molecule has 8 nitrogen and oxygen atoms in total. The topological polar surface area (TPSA) is 81.1 Å². The molecule has 0 unspecified atom stereocenters. The van der Waals surface area contributed by atoms with Crippen LogP contribution in [0.5, 0.6) is 11.5 Å². The maximum absolute atomic E-state index is 5.46. The van der Waals surface area contributed by atoms with E-state index in [1.807, 2.05) is 24.3 Å². The van der Waals surface area contributed by atoms with Crippen LogP contribution in [0.4, 0.5) is 11.8 Å². The second-order valence-electron chi connectivity index (χ2n) is 6.98. The van der Waals surface area contributed by atoms with E-state index in [0.29, 0.717) is 36.5 Å². The molecule has 30 heavy (non-hydrogen) atoms. The molecule has 8 heteroatoms. The van der Waals surface area contributed by atoms with Gasteiger partial charge >= 0.3 is 0 Å². The average Bonchev–Trinajstić information content (AvgIpc) is 2.78. The summed E-state index contributed by atoms with van der Waals surface area (Å²) in [7, 11) is 3.22. The van der Waals surface area contributed by atoms with E-state index >= 15 is 0 Å². The molecule has 1 fully saturated rings. The first-order valence-electron chi connectivity index (χ1n) is 9.80. The predicted molar refractivity (Wildman–Crippen MR) is 118 cm³/mol. The van der Waals surface area contributed by atoms with Crippen LogP contribution in [0.25, 0.3) is 10.9 Å². The van der Waals surface area contributed by atoms with Crippen molar-refractivity contribution in [2.24, 2.45) is 5.10 Å². The number of hydrogen-bond donors (Lipinski definition) is 1. The van der Waals surface area contributed by atoms with Crippen LogP contribution in [0.1, 0.15) is 11.1 Å². The first kappa shape index (κ1) is 19.9. The molecule has 1 aliphatic heterocycles. The summed E-state index contributed by atoms with van der Waals surface area (Å²) in [6.07, 6.45) is 1.77. The molecule has 1 saturated heterocycles. The van der Waals surface area contributed by atoms with Gasteiger partial charge in [-0.15, -0.1) is 0 Å². The van der Waals surface area contributed by atoms with Crippen molar-refractivity contribution in [1.29, 1.82) is 0 Å². The van der Waals surface area contributed by atoms with E-state index in [1.54, 1.807) is 20.4 Å². The third kappa shape index (κ3) is 4.28. The molecule has 2 heterocycles. The van der Waals surface area contributed by atoms with Gasteiger partial charge in [0.1, 0.15) is 0 Å². The maximum Gasteiger partial charge on any atom is 0.228 e. The van der Waals surface area contributed by atoms with Gasteiger partial charge in [-0.1, -0.05) is 29.8 Å². The van der Waals surface area contributed by atoms with E-state index in [1.165, 1.54) is 5.56 Å². The van der Waals surface area contributed by atoms with Gasteiger partial charge in [0.25, 0.3) is 0 Å². The van der Waals surface area contributed by atoms with E-state index in [2.05, 4.69) is 34.5 Å². The molecule has 0 bridgehead atoms. The smallest absolute Gasteiger partial charge is 0.228 e. The van der Waals surface area contributed by atoms with Crippen molar-refractivity contribution < 1.29 is 14.2 Å². The molecular weight excluding hydrogens is 382 g/mol. The molecule has 0 saturated carbocycles. The number of hydrazone groups is 1. The summed E-state index contributed by atoms with van der Waals surface area (Å²) in [6.45, 7) is 4.84. The zero-order valence-electron chi connectivity index (χ0n) is 17.4. The molecule has 0 spiro atoms. The molecule has 3 aromatic rings. The van der Waals surface area contributed by atoms with Crippen molar-refractivity contribution >= 4 is 28.9 Å². The number of nitrogens with one attached hydrogen (secondary N) is 1. The third-order valence-corrected chi connectivity index (χ3v) is 4.91. The number of aromatic nitrogens is 2. The monoisotopic (exact) mass is 407 g/mol. The Morgan fingerprint density at radius 2 is 1.83 bits per heavy atom. The van der Waals surface area contributed by atoms with E-state index in [4.69, 9.17) is 24.2 Å². The molecule has 4 rings (SSSR count). The summed E-state index contributed by atoms with van der Waals surface area (Å²) in [5.41, 5.74) is 6.02. The highest BCUT2D eigenvalue weighted by Crippen LogP contribution is 2.35. The Bertz CT molecular complexity index is 1060. The number of ether oxygens (including phenoxy) is 3. The second kappa shape index (κ2) is 8.96. The van der Waals surface area contributed by atoms with Gasteiger partial charge in [0.2, 0.25) is 5.95 Å². The lowest BCUT2D eigenvalue weighted by atomic mass is 10.2. The van der Waals surface area contributed by atoms with Crippen molar-refractivity contribution in [3.63, 3.8) is 0 Å². The number of fused-ring (bicyclic) bond motifs is 1. The maximum atomic E-state index is 5.46. The van der Waals surface area contributed by atoms with Gasteiger partial charge in [-0.2, -0.15) is 10.1 Å². The van der Waals surface area contributed by atoms with Crippen molar-refractivity contribution in [1.82, 2.24) is 9.97 Å². The molecule has 0 radical (unpaired) electrons. The Kier molecular flexibility index (Phi) is 5.94. The Balaban J connectivity index is 1.74. The van der Waals surface area contributed by atoms with E-state index in [9.17, 15) is 0 Å². The number of anilines is 2. The number of rotatable bonds is 6. The van der Waals surface area contributed by atoms with Gasteiger partial charge in [0.05, 0.1) is 39.2 Å². The van der Waals surface area contributed by atoms with E-state index in [0.717, 1.165) is 29.6 Å². The summed E-state index contributed by atoms with van der Waals surface area (Å²) in [5, 5.41) is 5.20. The van der Waals surface area contributed by atoms with Crippen molar-refractivity contribution in [2.75, 3.05) is 50.8 Å². The fraction of sp³-hybridized carbons (Fsp3) is 0.318. The zero-order valence-corrected chi connectivity index (χ0v) is 17.4. The van der Waals surface area contributed by atoms with Gasteiger partial charge in [-0.05, 0) is 18.6 Å². The van der Waals surface area contributed by atoms with Crippen LogP contribution in [-0.2, 0) is 4.74 Å². The lowest BCUT2D eigenvalue weighted by Crippen LogP contribution is -2.37. The van der Waals surface area contributed by atoms with Crippen molar-refractivity contribution in [3.05, 3.63) is 47.5 Å².